The third-order valence-corrected chi connectivity index (χ3v) is 1.84. The molecule has 0 aliphatic rings. The van der Waals surface area contributed by atoms with Gasteiger partial charge in [-0.25, -0.2) is 0 Å². The number of aromatic nitrogens is 1. The topological polar surface area (TPSA) is 47.6 Å². The summed E-state index contributed by atoms with van der Waals surface area (Å²) in [6.45, 7) is 5.77. The van der Waals surface area contributed by atoms with Crippen molar-refractivity contribution in [1.29, 1.82) is 0 Å². The highest BCUT2D eigenvalue weighted by Gasteiger charge is 2.28. The summed E-state index contributed by atoms with van der Waals surface area (Å²) in [6, 6.07) is 1.76. The van der Waals surface area contributed by atoms with Gasteiger partial charge < -0.3 is 9.26 Å². The van der Waals surface area contributed by atoms with Gasteiger partial charge in [-0.2, -0.15) is 0 Å². The van der Waals surface area contributed by atoms with Crippen molar-refractivity contribution in [3.63, 3.8) is 0 Å². The minimum atomic E-state index is -0.519. The third kappa shape index (κ3) is 1.53. The zero-order valence-corrected chi connectivity index (χ0v) is 7.28. The van der Waals surface area contributed by atoms with Gasteiger partial charge in [0.1, 0.15) is 17.6 Å². The standard InChI is InChI=1S/C8H12N2O2/c1-8(11-3,6-9-2)7-4-5-12-10-7/h4-5H,2,6H2,1,3H3. The summed E-state index contributed by atoms with van der Waals surface area (Å²) >= 11 is 0. The van der Waals surface area contributed by atoms with Crippen LogP contribution in [0.1, 0.15) is 12.6 Å². The van der Waals surface area contributed by atoms with Crippen LogP contribution in [0.5, 0.6) is 0 Å². The fourth-order valence-corrected chi connectivity index (χ4v) is 0.949. The molecule has 0 aliphatic carbocycles. The first-order chi connectivity index (χ1) is 5.73. The van der Waals surface area contributed by atoms with Gasteiger partial charge in [0.2, 0.25) is 0 Å². The number of ether oxygens (including phenoxy) is 1. The van der Waals surface area contributed by atoms with Crippen LogP contribution in [0.3, 0.4) is 0 Å². The second-order valence-corrected chi connectivity index (χ2v) is 2.70. The second-order valence-electron chi connectivity index (χ2n) is 2.70. The number of hydrogen-bond acceptors (Lipinski definition) is 4. The van der Waals surface area contributed by atoms with Crippen molar-refractivity contribution in [1.82, 2.24) is 5.16 Å². The molecular weight excluding hydrogens is 156 g/mol. The average Bonchev–Trinajstić information content (AvgIpc) is 2.57. The molecule has 1 rings (SSSR count). The molecule has 0 saturated carbocycles. The van der Waals surface area contributed by atoms with Crippen molar-refractivity contribution >= 4 is 6.72 Å². The van der Waals surface area contributed by atoms with Crippen LogP contribution in [0.4, 0.5) is 0 Å². The van der Waals surface area contributed by atoms with Crippen molar-refractivity contribution in [2.24, 2.45) is 4.99 Å². The van der Waals surface area contributed by atoms with E-state index in [1.807, 2.05) is 6.92 Å². The molecule has 0 fully saturated rings. The number of rotatable bonds is 4. The van der Waals surface area contributed by atoms with Crippen LogP contribution in [0.2, 0.25) is 0 Å². The van der Waals surface area contributed by atoms with Crippen LogP contribution in [0, 0.1) is 0 Å². The third-order valence-electron chi connectivity index (χ3n) is 1.84. The van der Waals surface area contributed by atoms with E-state index in [0.717, 1.165) is 5.69 Å². The Hall–Kier alpha value is -1.16. The first-order valence-corrected chi connectivity index (χ1v) is 3.61. The molecule has 0 amide bonds. The fourth-order valence-electron chi connectivity index (χ4n) is 0.949. The van der Waals surface area contributed by atoms with E-state index in [0.29, 0.717) is 6.54 Å². The highest BCUT2D eigenvalue weighted by Crippen LogP contribution is 2.22. The highest BCUT2D eigenvalue weighted by molar-refractivity contribution is 5.24. The smallest absolute Gasteiger partial charge is 0.130 e. The SMILES string of the molecule is C=NCC(C)(OC)c1ccon1. The van der Waals surface area contributed by atoms with E-state index >= 15 is 0 Å². The predicted octanol–water partition coefficient (Wildman–Crippen LogP) is 1.24. The molecule has 0 N–H and O–H groups in total. The van der Waals surface area contributed by atoms with Crippen LogP contribution >= 0.6 is 0 Å². The molecule has 1 atom stereocenters. The van der Waals surface area contributed by atoms with Gasteiger partial charge >= 0.3 is 0 Å². The molecule has 0 aliphatic heterocycles. The van der Waals surface area contributed by atoms with Crippen LogP contribution in [0.25, 0.3) is 0 Å². The molecule has 66 valence electrons. The maximum absolute atomic E-state index is 5.27. The summed E-state index contributed by atoms with van der Waals surface area (Å²) in [5.41, 5.74) is 0.215. The molecule has 1 unspecified atom stereocenters. The van der Waals surface area contributed by atoms with Crippen LogP contribution in [-0.4, -0.2) is 25.5 Å². The van der Waals surface area contributed by atoms with E-state index in [1.165, 1.54) is 6.26 Å². The zero-order chi connectivity index (χ0) is 9.03. The van der Waals surface area contributed by atoms with Crippen molar-refractivity contribution in [3.05, 3.63) is 18.0 Å². The van der Waals surface area contributed by atoms with E-state index in [4.69, 9.17) is 9.26 Å². The Kier molecular flexibility index (Phi) is 2.60. The Balaban J connectivity index is 2.87. The van der Waals surface area contributed by atoms with Crippen LogP contribution in [0.15, 0.2) is 21.8 Å². The Morgan fingerprint density at radius 2 is 2.58 bits per heavy atom. The van der Waals surface area contributed by atoms with Gasteiger partial charge in [0.05, 0.1) is 6.54 Å². The summed E-state index contributed by atoms with van der Waals surface area (Å²) in [5, 5.41) is 3.79. The molecule has 4 nitrogen and oxygen atoms in total. The lowest BCUT2D eigenvalue weighted by atomic mass is 10.0. The quantitative estimate of drug-likeness (QED) is 0.635. The Bertz CT molecular complexity index is 246. The average molecular weight is 168 g/mol. The molecule has 0 saturated heterocycles. The van der Waals surface area contributed by atoms with Crippen molar-refractivity contribution in [3.8, 4) is 0 Å². The zero-order valence-electron chi connectivity index (χ0n) is 7.28. The monoisotopic (exact) mass is 168 g/mol. The molecule has 4 heteroatoms. The van der Waals surface area contributed by atoms with Gasteiger partial charge in [0.15, 0.2) is 0 Å². The summed E-state index contributed by atoms with van der Waals surface area (Å²) in [7, 11) is 1.61. The number of aliphatic imine (C=N–C) groups is 1. The summed E-state index contributed by atoms with van der Waals surface area (Å²) in [4.78, 5) is 3.78. The lowest BCUT2D eigenvalue weighted by Gasteiger charge is -2.22. The molecule has 1 heterocycles. The largest absolute Gasteiger partial charge is 0.370 e. The van der Waals surface area contributed by atoms with Gasteiger partial charge in [-0.15, -0.1) is 0 Å². The van der Waals surface area contributed by atoms with Crippen molar-refractivity contribution in [2.75, 3.05) is 13.7 Å². The van der Waals surface area contributed by atoms with Gasteiger partial charge in [-0.05, 0) is 13.6 Å². The summed E-state index contributed by atoms with van der Waals surface area (Å²) in [5.74, 6) is 0. The second kappa shape index (κ2) is 3.49. The number of nitrogens with zero attached hydrogens (tertiary/aromatic N) is 2. The van der Waals surface area contributed by atoms with E-state index in [-0.39, 0.29) is 0 Å². The Labute approximate surface area is 71.2 Å². The first kappa shape index (κ1) is 8.93. The lowest BCUT2D eigenvalue weighted by molar-refractivity contribution is 0.00467. The van der Waals surface area contributed by atoms with Gasteiger partial charge in [0, 0.05) is 13.2 Å². The van der Waals surface area contributed by atoms with E-state index < -0.39 is 5.60 Å². The van der Waals surface area contributed by atoms with E-state index in [9.17, 15) is 0 Å². The van der Waals surface area contributed by atoms with E-state index in [2.05, 4.69) is 16.9 Å². The van der Waals surface area contributed by atoms with Gasteiger partial charge in [-0.3, -0.25) is 4.99 Å². The number of hydrogen-bond donors (Lipinski definition) is 0. The molecule has 0 aromatic carbocycles. The van der Waals surface area contributed by atoms with Crippen molar-refractivity contribution in [2.45, 2.75) is 12.5 Å². The van der Waals surface area contributed by atoms with Crippen LogP contribution < -0.4 is 0 Å². The molecule has 0 bridgehead atoms. The maximum Gasteiger partial charge on any atom is 0.130 e. The van der Waals surface area contributed by atoms with Gasteiger partial charge in [0.25, 0.3) is 0 Å². The predicted molar refractivity (Wildman–Crippen MR) is 45.3 cm³/mol. The van der Waals surface area contributed by atoms with Gasteiger partial charge in [-0.1, -0.05) is 5.16 Å². The Morgan fingerprint density at radius 3 is 3.00 bits per heavy atom. The minimum Gasteiger partial charge on any atom is -0.370 e. The Morgan fingerprint density at radius 1 is 1.83 bits per heavy atom. The highest BCUT2D eigenvalue weighted by atomic mass is 16.5. The lowest BCUT2D eigenvalue weighted by Crippen LogP contribution is -2.28. The molecule has 0 radical (unpaired) electrons. The molecule has 1 aromatic rings. The molecule has 12 heavy (non-hydrogen) atoms. The fraction of sp³-hybridized carbons (Fsp3) is 0.500. The minimum absolute atomic E-state index is 0.468. The molecule has 0 spiro atoms. The van der Waals surface area contributed by atoms with Crippen LogP contribution in [-0.2, 0) is 10.3 Å². The molecule has 1 aromatic heterocycles. The first-order valence-electron chi connectivity index (χ1n) is 3.61. The van der Waals surface area contributed by atoms with E-state index in [1.54, 1.807) is 13.2 Å². The normalized spacial score (nSPS) is 15.5. The summed E-state index contributed by atoms with van der Waals surface area (Å²) < 4.78 is 9.98. The number of methoxy groups -OCH3 is 1. The van der Waals surface area contributed by atoms with Crippen molar-refractivity contribution < 1.29 is 9.26 Å². The maximum atomic E-state index is 5.27. The summed E-state index contributed by atoms with van der Waals surface area (Å²) in [6.07, 6.45) is 1.51. The molecular formula is C8H12N2O2.